The van der Waals surface area contributed by atoms with E-state index in [1.54, 1.807) is 17.5 Å². The molecule has 2 aromatic heterocycles. The van der Waals surface area contributed by atoms with Crippen molar-refractivity contribution in [2.75, 3.05) is 13.1 Å². The minimum Gasteiger partial charge on any atom is -0.348 e. The van der Waals surface area contributed by atoms with E-state index in [1.165, 1.54) is 19.3 Å². The number of thiophene rings is 1. The third-order valence-corrected chi connectivity index (χ3v) is 5.98. The van der Waals surface area contributed by atoms with Crippen LogP contribution in [0.1, 0.15) is 42.6 Å². The molecule has 2 aliphatic rings. The summed E-state index contributed by atoms with van der Waals surface area (Å²) in [7, 11) is 0. The third kappa shape index (κ3) is 2.63. The van der Waals surface area contributed by atoms with E-state index in [0.29, 0.717) is 11.7 Å². The molecule has 1 saturated heterocycles. The van der Waals surface area contributed by atoms with Crippen LogP contribution in [0.3, 0.4) is 0 Å². The first-order valence-electron chi connectivity index (χ1n) is 8.18. The summed E-state index contributed by atoms with van der Waals surface area (Å²) >= 11 is 1.59. The van der Waals surface area contributed by atoms with Crippen LogP contribution in [0.2, 0.25) is 0 Å². The predicted octanol–water partition coefficient (Wildman–Crippen LogP) is 3.04. The number of amides is 1. The van der Waals surface area contributed by atoms with Gasteiger partial charge in [0.2, 0.25) is 0 Å². The van der Waals surface area contributed by atoms with Crippen LogP contribution in [0.4, 0.5) is 0 Å². The zero-order valence-corrected chi connectivity index (χ0v) is 13.4. The minimum atomic E-state index is -0.0184. The normalized spacial score (nSPS) is 20.9. The van der Waals surface area contributed by atoms with Crippen LogP contribution in [0.5, 0.6) is 0 Å². The molecule has 2 aromatic rings. The molecular weight excluding hydrogens is 294 g/mol. The Morgan fingerprint density at radius 3 is 2.77 bits per heavy atom. The zero-order chi connectivity index (χ0) is 14.9. The van der Waals surface area contributed by atoms with E-state index in [9.17, 15) is 4.79 Å². The average molecular weight is 315 g/mol. The first-order valence-corrected chi connectivity index (χ1v) is 9.06. The van der Waals surface area contributed by atoms with E-state index in [-0.39, 0.29) is 5.91 Å². The summed E-state index contributed by atoms with van der Waals surface area (Å²) in [5.74, 6) is -0.0184. The number of likely N-dealkylation sites (tertiary alicyclic amines) is 1. The molecule has 1 aliphatic heterocycles. The topological polar surface area (TPSA) is 45.2 Å². The number of fused-ring (bicyclic) bond motifs is 1. The van der Waals surface area contributed by atoms with E-state index in [0.717, 1.165) is 42.1 Å². The molecule has 1 N–H and O–H groups in total. The molecule has 22 heavy (non-hydrogen) atoms. The molecular formula is C17H21N3OS. The molecule has 2 fully saturated rings. The molecule has 1 saturated carbocycles. The summed E-state index contributed by atoms with van der Waals surface area (Å²) in [6.07, 6.45) is 7.95. The van der Waals surface area contributed by atoms with E-state index in [4.69, 9.17) is 0 Å². The van der Waals surface area contributed by atoms with Crippen molar-refractivity contribution in [3.05, 3.63) is 29.4 Å². The highest BCUT2D eigenvalue weighted by Crippen LogP contribution is 2.28. The quantitative estimate of drug-likeness (QED) is 0.947. The molecule has 5 heteroatoms. The maximum Gasteiger partial charge on any atom is 0.271 e. The van der Waals surface area contributed by atoms with Crippen LogP contribution in [0.25, 0.3) is 10.1 Å². The van der Waals surface area contributed by atoms with E-state index >= 15 is 0 Å². The molecule has 4 rings (SSSR count). The number of carbonyl (C=O) groups is 1. The Kier molecular flexibility index (Phi) is 3.84. The Morgan fingerprint density at radius 1 is 1.23 bits per heavy atom. The Balaban J connectivity index is 1.39. The molecule has 0 atom stereocenters. The van der Waals surface area contributed by atoms with Crippen LogP contribution < -0.4 is 5.32 Å². The second-order valence-corrected chi connectivity index (χ2v) is 7.28. The van der Waals surface area contributed by atoms with Gasteiger partial charge in [-0.05, 0) is 48.6 Å². The molecule has 0 unspecified atom stereocenters. The Labute approximate surface area is 134 Å². The smallest absolute Gasteiger partial charge is 0.271 e. The van der Waals surface area contributed by atoms with Crippen LogP contribution in [0.15, 0.2) is 23.7 Å². The predicted molar refractivity (Wildman–Crippen MR) is 89.3 cm³/mol. The Bertz CT molecular complexity index is 671. The summed E-state index contributed by atoms with van der Waals surface area (Å²) in [4.78, 5) is 19.4. The largest absolute Gasteiger partial charge is 0.348 e. The SMILES string of the molecule is O=C(NC1CCN(C2CCC2)CC1)c1nccc2ccsc12. The third-order valence-electron chi connectivity index (χ3n) is 5.04. The lowest BCUT2D eigenvalue weighted by Gasteiger charge is -2.41. The van der Waals surface area contributed by atoms with Crippen molar-refractivity contribution >= 4 is 27.3 Å². The van der Waals surface area contributed by atoms with E-state index in [2.05, 4.69) is 15.2 Å². The van der Waals surface area contributed by atoms with Crippen molar-refractivity contribution in [3.8, 4) is 0 Å². The summed E-state index contributed by atoms with van der Waals surface area (Å²) < 4.78 is 0.993. The van der Waals surface area contributed by atoms with Gasteiger partial charge in [0.25, 0.3) is 5.91 Å². The van der Waals surface area contributed by atoms with Gasteiger partial charge in [0.15, 0.2) is 0 Å². The number of pyridine rings is 1. The lowest BCUT2D eigenvalue weighted by atomic mass is 9.89. The van der Waals surface area contributed by atoms with Crippen molar-refractivity contribution < 1.29 is 4.79 Å². The molecule has 4 nitrogen and oxygen atoms in total. The van der Waals surface area contributed by atoms with Gasteiger partial charge in [-0.3, -0.25) is 4.79 Å². The molecule has 1 amide bonds. The zero-order valence-electron chi connectivity index (χ0n) is 12.6. The van der Waals surface area contributed by atoms with Crippen molar-refractivity contribution in [2.24, 2.45) is 0 Å². The van der Waals surface area contributed by atoms with Crippen LogP contribution in [0, 0.1) is 0 Å². The van der Waals surface area contributed by atoms with Gasteiger partial charge in [-0.15, -0.1) is 11.3 Å². The fourth-order valence-electron chi connectivity index (χ4n) is 3.47. The molecule has 1 aliphatic carbocycles. The van der Waals surface area contributed by atoms with E-state index in [1.807, 2.05) is 17.5 Å². The molecule has 0 aromatic carbocycles. The first-order chi connectivity index (χ1) is 10.8. The van der Waals surface area contributed by atoms with Crippen LogP contribution >= 0.6 is 11.3 Å². The van der Waals surface area contributed by atoms with Gasteiger partial charge in [-0.2, -0.15) is 0 Å². The number of piperidine rings is 1. The van der Waals surface area contributed by atoms with Gasteiger partial charge < -0.3 is 10.2 Å². The fourth-order valence-corrected chi connectivity index (χ4v) is 4.35. The standard InChI is InChI=1S/C17H21N3OS/c21-17(15-16-12(4-8-18-15)7-11-22-16)19-13-5-9-20(10-6-13)14-2-1-3-14/h4,7-8,11,13-14H,1-3,5-6,9-10H2,(H,19,21). The van der Waals surface area contributed by atoms with Crippen LogP contribution in [-0.2, 0) is 0 Å². The summed E-state index contributed by atoms with van der Waals surface area (Å²) in [5, 5.41) is 6.31. The first kappa shape index (κ1) is 14.2. The molecule has 0 spiro atoms. The van der Waals surface area contributed by atoms with Crippen LogP contribution in [-0.4, -0.2) is 41.0 Å². The second kappa shape index (κ2) is 5.97. The average Bonchev–Trinajstić information content (AvgIpc) is 2.95. The highest BCUT2D eigenvalue weighted by atomic mass is 32.1. The number of carbonyl (C=O) groups excluding carboxylic acids is 1. The lowest BCUT2D eigenvalue weighted by molar-refractivity contribution is 0.0798. The Hall–Kier alpha value is -1.46. The maximum atomic E-state index is 12.5. The van der Waals surface area contributed by atoms with Gasteiger partial charge in [-0.1, -0.05) is 6.42 Å². The van der Waals surface area contributed by atoms with Crippen molar-refractivity contribution in [1.82, 2.24) is 15.2 Å². The highest BCUT2D eigenvalue weighted by molar-refractivity contribution is 7.17. The maximum absolute atomic E-state index is 12.5. The summed E-state index contributed by atoms with van der Waals surface area (Å²) in [6.45, 7) is 2.23. The number of nitrogens with one attached hydrogen (secondary N) is 1. The van der Waals surface area contributed by atoms with Gasteiger partial charge in [-0.25, -0.2) is 4.98 Å². The molecule has 3 heterocycles. The summed E-state index contributed by atoms with van der Waals surface area (Å²) in [5.41, 5.74) is 0.578. The molecule has 0 bridgehead atoms. The van der Waals surface area contributed by atoms with Gasteiger partial charge in [0, 0.05) is 31.4 Å². The number of rotatable bonds is 3. The van der Waals surface area contributed by atoms with Gasteiger partial charge in [0.1, 0.15) is 5.69 Å². The molecule has 0 radical (unpaired) electrons. The van der Waals surface area contributed by atoms with Gasteiger partial charge >= 0.3 is 0 Å². The van der Waals surface area contributed by atoms with Gasteiger partial charge in [0.05, 0.1) is 4.70 Å². The fraction of sp³-hybridized carbons (Fsp3) is 0.529. The lowest BCUT2D eigenvalue weighted by Crippen LogP contribution is -2.49. The number of hydrogen-bond acceptors (Lipinski definition) is 4. The van der Waals surface area contributed by atoms with Crippen molar-refractivity contribution in [2.45, 2.75) is 44.2 Å². The Morgan fingerprint density at radius 2 is 2.05 bits per heavy atom. The highest BCUT2D eigenvalue weighted by Gasteiger charge is 2.29. The summed E-state index contributed by atoms with van der Waals surface area (Å²) in [6, 6.07) is 5.11. The van der Waals surface area contributed by atoms with Crippen molar-refractivity contribution in [1.29, 1.82) is 0 Å². The monoisotopic (exact) mass is 315 g/mol. The second-order valence-electron chi connectivity index (χ2n) is 6.37. The molecule has 116 valence electrons. The number of aromatic nitrogens is 1. The minimum absolute atomic E-state index is 0.0184. The number of hydrogen-bond donors (Lipinski definition) is 1. The number of nitrogens with zero attached hydrogens (tertiary/aromatic N) is 2. The van der Waals surface area contributed by atoms with E-state index < -0.39 is 0 Å². The van der Waals surface area contributed by atoms with Crippen molar-refractivity contribution in [3.63, 3.8) is 0 Å².